The summed E-state index contributed by atoms with van der Waals surface area (Å²) in [4.78, 5) is 14.0. The van der Waals surface area contributed by atoms with Gasteiger partial charge in [0.15, 0.2) is 0 Å². The molecule has 1 aromatic carbocycles. The Morgan fingerprint density at radius 2 is 2.19 bits per heavy atom. The molecular weight excluding hydrogens is 295 g/mol. The molecule has 6 heteroatoms. The number of urea groups is 1. The first kappa shape index (κ1) is 16.0. The number of aliphatic hydroxyl groups excluding tert-OH is 1. The molecule has 1 fully saturated rings. The van der Waals surface area contributed by atoms with Gasteiger partial charge in [0.05, 0.1) is 5.02 Å². The summed E-state index contributed by atoms with van der Waals surface area (Å²) in [5.74, 6) is -0.463. The van der Waals surface area contributed by atoms with E-state index in [1.165, 1.54) is 12.1 Å². The van der Waals surface area contributed by atoms with Crippen LogP contribution in [0, 0.1) is 5.82 Å². The number of amides is 2. The number of nitrogens with zero attached hydrogens (tertiary/aromatic N) is 1. The molecule has 0 heterocycles. The third kappa shape index (κ3) is 4.86. The SMILES string of the molecule is O=C(NCc1ccc(F)c(Cl)c1)N(CCCCO)C1CC1. The van der Waals surface area contributed by atoms with E-state index in [0.29, 0.717) is 25.6 Å². The van der Waals surface area contributed by atoms with Crippen LogP contribution in [0.5, 0.6) is 0 Å². The van der Waals surface area contributed by atoms with Crippen LogP contribution in [-0.4, -0.2) is 35.2 Å². The van der Waals surface area contributed by atoms with Crippen LogP contribution in [-0.2, 0) is 6.54 Å². The average molecular weight is 315 g/mol. The third-order valence-corrected chi connectivity index (χ3v) is 3.77. The number of carbonyl (C=O) groups excluding carboxylic acids is 1. The first-order valence-corrected chi connectivity index (χ1v) is 7.59. The van der Waals surface area contributed by atoms with Gasteiger partial charge in [-0.15, -0.1) is 0 Å². The van der Waals surface area contributed by atoms with E-state index in [1.54, 1.807) is 6.07 Å². The number of aliphatic hydroxyl groups is 1. The molecule has 1 aliphatic carbocycles. The van der Waals surface area contributed by atoms with E-state index < -0.39 is 5.82 Å². The van der Waals surface area contributed by atoms with E-state index in [-0.39, 0.29) is 17.7 Å². The quantitative estimate of drug-likeness (QED) is 0.760. The van der Waals surface area contributed by atoms with Gasteiger partial charge in [-0.25, -0.2) is 9.18 Å². The largest absolute Gasteiger partial charge is 0.396 e. The van der Waals surface area contributed by atoms with Crippen molar-refractivity contribution >= 4 is 17.6 Å². The molecule has 1 aliphatic rings. The Morgan fingerprint density at radius 1 is 1.43 bits per heavy atom. The van der Waals surface area contributed by atoms with Crippen molar-refractivity contribution in [3.8, 4) is 0 Å². The maximum atomic E-state index is 13.1. The first-order chi connectivity index (χ1) is 10.1. The maximum absolute atomic E-state index is 13.1. The highest BCUT2D eigenvalue weighted by molar-refractivity contribution is 6.30. The number of benzene rings is 1. The van der Waals surface area contributed by atoms with Gasteiger partial charge in [-0.1, -0.05) is 17.7 Å². The van der Waals surface area contributed by atoms with Gasteiger partial charge in [0.1, 0.15) is 5.82 Å². The minimum absolute atomic E-state index is 0.0590. The molecule has 0 aromatic heterocycles. The van der Waals surface area contributed by atoms with E-state index >= 15 is 0 Å². The lowest BCUT2D eigenvalue weighted by Gasteiger charge is -2.22. The fourth-order valence-corrected chi connectivity index (χ4v) is 2.36. The van der Waals surface area contributed by atoms with Crippen molar-refractivity contribution in [3.05, 3.63) is 34.6 Å². The van der Waals surface area contributed by atoms with Crippen molar-refractivity contribution in [1.82, 2.24) is 10.2 Å². The molecule has 1 saturated carbocycles. The van der Waals surface area contributed by atoms with Crippen LogP contribution in [0.15, 0.2) is 18.2 Å². The summed E-state index contributed by atoms with van der Waals surface area (Å²) >= 11 is 5.71. The summed E-state index contributed by atoms with van der Waals surface area (Å²) in [7, 11) is 0. The molecule has 1 aromatic rings. The van der Waals surface area contributed by atoms with Gasteiger partial charge in [-0.2, -0.15) is 0 Å². The van der Waals surface area contributed by atoms with Crippen LogP contribution in [0.3, 0.4) is 0 Å². The van der Waals surface area contributed by atoms with E-state index in [0.717, 1.165) is 24.8 Å². The third-order valence-electron chi connectivity index (χ3n) is 3.48. The lowest BCUT2D eigenvalue weighted by atomic mass is 10.2. The summed E-state index contributed by atoms with van der Waals surface area (Å²) in [6.07, 6.45) is 3.57. The van der Waals surface area contributed by atoms with Crippen LogP contribution in [0.1, 0.15) is 31.2 Å². The summed E-state index contributed by atoms with van der Waals surface area (Å²) in [5, 5.41) is 11.7. The van der Waals surface area contributed by atoms with Crippen molar-refractivity contribution in [2.45, 2.75) is 38.3 Å². The molecule has 2 amide bonds. The molecule has 0 aliphatic heterocycles. The number of carbonyl (C=O) groups is 1. The molecule has 116 valence electrons. The molecule has 2 rings (SSSR count). The number of hydrogen-bond acceptors (Lipinski definition) is 2. The predicted octanol–water partition coefficient (Wildman–Crippen LogP) is 2.93. The maximum Gasteiger partial charge on any atom is 0.317 e. The Morgan fingerprint density at radius 3 is 2.81 bits per heavy atom. The van der Waals surface area contributed by atoms with Crippen molar-refractivity contribution in [2.24, 2.45) is 0 Å². The van der Waals surface area contributed by atoms with Gasteiger partial charge in [0.2, 0.25) is 0 Å². The fourth-order valence-electron chi connectivity index (χ4n) is 2.16. The highest BCUT2D eigenvalue weighted by Crippen LogP contribution is 2.27. The molecule has 0 radical (unpaired) electrons. The van der Waals surface area contributed by atoms with E-state index in [2.05, 4.69) is 5.32 Å². The Hall–Kier alpha value is -1.33. The average Bonchev–Trinajstić information content (AvgIpc) is 3.29. The predicted molar refractivity (Wildman–Crippen MR) is 79.7 cm³/mol. The zero-order valence-corrected chi connectivity index (χ0v) is 12.6. The number of nitrogens with one attached hydrogen (secondary N) is 1. The van der Waals surface area contributed by atoms with E-state index in [1.807, 2.05) is 4.90 Å². The fraction of sp³-hybridized carbons (Fsp3) is 0.533. The number of unbranched alkanes of at least 4 members (excludes halogenated alkanes) is 1. The van der Waals surface area contributed by atoms with E-state index in [9.17, 15) is 9.18 Å². The lowest BCUT2D eigenvalue weighted by Crippen LogP contribution is -2.41. The number of halogens is 2. The highest BCUT2D eigenvalue weighted by Gasteiger charge is 2.31. The number of rotatable bonds is 7. The van der Waals surface area contributed by atoms with Crippen LogP contribution in [0.4, 0.5) is 9.18 Å². The molecule has 0 atom stereocenters. The van der Waals surface area contributed by atoms with Gasteiger partial charge in [-0.05, 0) is 43.4 Å². The molecular formula is C15H20ClFN2O2. The molecule has 0 spiro atoms. The lowest BCUT2D eigenvalue weighted by molar-refractivity contribution is 0.190. The standard InChI is InChI=1S/C15H20ClFN2O2/c16-13-9-11(3-6-14(13)17)10-18-15(21)19(12-4-5-12)7-1-2-8-20/h3,6,9,12,20H,1-2,4-5,7-8,10H2,(H,18,21). The van der Waals surface area contributed by atoms with Crippen LogP contribution in [0.2, 0.25) is 5.02 Å². The van der Waals surface area contributed by atoms with Crippen molar-refractivity contribution in [3.63, 3.8) is 0 Å². The second-order valence-electron chi connectivity index (χ2n) is 5.26. The minimum atomic E-state index is -0.463. The van der Waals surface area contributed by atoms with Gasteiger partial charge in [0.25, 0.3) is 0 Å². The molecule has 0 bridgehead atoms. The smallest absolute Gasteiger partial charge is 0.317 e. The van der Waals surface area contributed by atoms with Crippen molar-refractivity contribution in [1.29, 1.82) is 0 Å². The Kier molecular flexibility index (Phi) is 5.82. The molecule has 0 saturated heterocycles. The summed E-state index contributed by atoms with van der Waals surface area (Å²) in [6, 6.07) is 4.62. The highest BCUT2D eigenvalue weighted by atomic mass is 35.5. The van der Waals surface area contributed by atoms with Gasteiger partial charge >= 0.3 is 6.03 Å². The summed E-state index contributed by atoms with van der Waals surface area (Å²) < 4.78 is 13.1. The molecule has 4 nitrogen and oxygen atoms in total. The second-order valence-corrected chi connectivity index (χ2v) is 5.67. The van der Waals surface area contributed by atoms with Crippen LogP contribution >= 0.6 is 11.6 Å². The molecule has 2 N–H and O–H groups in total. The summed E-state index contributed by atoms with van der Waals surface area (Å²) in [6.45, 7) is 1.12. The Balaban J connectivity index is 1.85. The molecule has 21 heavy (non-hydrogen) atoms. The van der Waals surface area contributed by atoms with Crippen LogP contribution in [0.25, 0.3) is 0 Å². The van der Waals surface area contributed by atoms with Gasteiger partial charge in [-0.3, -0.25) is 0 Å². The van der Waals surface area contributed by atoms with Gasteiger partial charge < -0.3 is 15.3 Å². The first-order valence-electron chi connectivity index (χ1n) is 7.21. The number of hydrogen-bond donors (Lipinski definition) is 2. The zero-order valence-electron chi connectivity index (χ0n) is 11.8. The Bertz CT molecular complexity index is 495. The zero-order chi connectivity index (χ0) is 15.2. The normalized spacial score (nSPS) is 14.0. The van der Waals surface area contributed by atoms with Crippen molar-refractivity contribution < 1.29 is 14.3 Å². The summed E-state index contributed by atoms with van der Waals surface area (Å²) in [5.41, 5.74) is 0.765. The van der Waals surface area contributed by atoms with E-state index in [4.69, 9.17) is 16.7 Å². The Labute approximate surface area is 128 Å². The minimum Gasteiger partial charge on any atom is -0.396 e. The van der Waals surface area contributed by atoms with Crippen molar-refractivity contribution in [2.75, 3.05) is 13.2 Å². The molecule has 0 unspecified atom stereocenters. The second kappa shape index (κ2) is 7.61. The van der Waals surface area contributed by atoms with Gasteiger partial charge in [0, 0.05) is 25.7 Å². The monoisotopic (exact) mass is 314 g/mol. The topological polar surface area (TPSA) is 52.6 Å². The van der Waals surface area contributed by atoms with Crippen LogP contribution < -0.4 is 5.32 Å².